The Morgan fingerprint density at radius 1 is 1.08 bits per heavy atom. The van der Waals surface area contributed by atoms with Crippen LogP contribution in [0.25, 0.3) is 0 Å². The molecule has 1 aromatic carbocycles. The normalized spacial score (nSPS) is 11.2. The van der Waals surface area contributed by atoms with Crippen LogP contribution in [0, 0.1) is 0 Å². The smallest absolute Gasteiger partial charge is 0.372 e. The van der Waals surface area contributed by atoms with E-state index in [4.69, 9.17) is 0 Å². The molecule has 2 amide bonds. The number of alkyl halides is 3. The fourth-order valence-electron chi connectivity index (χ4n) is 1.67. The second-order valence-corrected chi connectivity index (χ2v) is 5.80. The number of benzene rings is 1. The number of amides is 2. The average Bonchev–Trinajstić information content (AvgIpc) is 2.50. The van der Waals surface area contributed by atoms with Crippen molar-refractivity contribution in [3.05, 3.63) is 34.3 Å². The Labute approximate surface area is 146 Å². The molecular formula is C15H18BrF3N2O3. The first-order valence-electron chi connectivity index (χ1n) is 7.23. The molecule has 0 saturated carbocycles. The molecule has 0 heterocycles. The number of hydrogen-bond acceptors (Lipinski definition) is 3. The molecule has 0 aliphatic rings. The van der Waals surface area contributed by atoms with Gasteiger partial charge < -0.3 is 15.4 Å². The maximum absolute atomic E-state index is 11.8. The zero-order valence-corrected chi connectivity index (χ0v) is 14.4. The van der Waals surface area contributed by atoms with Crippen LogP contribution in [-0.2, 0) is 9.53 Å². The van der Waals surface area contributed by atoms with Crippen LogP contribution in [-0.4, -0.2) is 44.3 Å². The van der Waals surface area contributed by atoms with Gasteiger partial charge in [-0.25, -0.2) is 0 Å². The second kappa shape index (κ2) is 10.3. The Morgan fingerprint density at radius 3 is 2.38 bits per heavy atom. The Kier molecular flexibility index (Phi) is 8.77. The number of hydrogen-bond donors (Lipinski definition) is 2. The van der Waals surface area contributed by atoms with E-state index in [1.165, 1.54) is 0 Å². The zero-order valence-electron chi connectivity index (χ0n) is 12.8. The number of carbonyl (C=O) groups is 2. The molecule has 0 bridgehead atoms. The van der Waals surface area contributed by atoms with Crippen LogP contribution < -0.4 is 10.6 Å². The summed E-state index contributed by atoms with van der Waals surface area (Å²) in [5.41, 5.74) is 0.487. The third-order valence-electron chi connectivity index (χ3n) is 2.80. The highest BCUT2D eigenvalue weighted by molar-refractivity contribution is 9.10. The first-order valence-corrected chi connectivity index (χ1v) is 8.02. The van der Waals surface area contributed by atoms with Crippen molar-refractivity contribution in [2.24, 2.45) is 0 Å². The van der Waals surface area contributed by atoms with Gasteiger partial charge >= 0.3 is 6.18 Å². The van der Waals surface area contributed by atoms with Crippen LogP contribution >= 0.6 is 15.9 Å². The van der Waals surface area contributed by atoms with E-state index in [1.807, 2.05) is 0 Å². The summed E-state index contributed by atoms with van der Waals surface area (Å²) < 4.78 is 40.7. The van der Waals surface area contributed by atoms with Crippen LogP contribution in [0.4, 0.5) is 13.2 Å². The lowest BCUT2D eigenvalue weighted by molar-refractivity contribution is -0.174. The van der Waals surface area contributed by atoms with Crippen molar-refractivity contribution in [2.75, 3.05) is 26.3 Å². The molecule has 0 aliphatic heterocycles. The SMILES string of the molecule is O=C(CCNC(=O)c1ccc(Br)cc1)NCCCOCC(F)(F)F. The van der Waals surface area contributed by atoms with Gasteiger partial charge in [0.05, 0.1) is 0 Å². The summed E-state index contributed by atoms with van der Waals surface area (Å²) in [6.07, 6.45) is -3.96. The lowest BCUT2D eigenvalue weighted by Gasteiger charge is -2.09. The molecule has 1 rings (SSSR count). The van der Waals surface area contributed by atoms with Crippen LogP contribution in [0.2, 0.25) is 0 Å². The van der Waals surface area contributed by atoms with Crippen LogP contribution in [0.5, 0.6) is 0 Å². The van der Waals surface area contributed by atoms with Gasteiger partial charge in [0.2, 0.25) is 5.91 Å². The molecule has 5 nitrogen and oxygen atoms in total. The molecule has 0 aromatic heterocycles. The summed E-state index contributed by atoms with van der Waals surface area (Å²) in [4.78, 5) is 23.3. The number of nitrogens with one attached hydrogen (secondary N) is 2. The van der Waals surface area contributed by atoms with Gasteiger partial charge in [0, 0.05) is 36.2 Å². The van der Waals surface area contributed by atoms with Crippen molar-refractivity contribution in [3.63, 3.8) is 0 Å². The molecule has 2 N–H and O–H groups in total. The molecule has 24 heavy (non-hydrogen) atoms. The maximum atomic E-state index is 11.8. The lowest BCUT2D eigenvalue weighted by Crippen LogP contribution is -2.31. The first kappa shape index (κ1) is 20.4. The fraction of sp³-hybridized carbons (Fsp3) is 0.467. The van der Waals surface area contributed by atoms with Gasteiger partial charge in [0.15, 0.2) is 0 Å². The lowest BCUT2D eigenvalue weighted by atomic mass is 10.2. The number of carbonyl (C=O) groups excluding carboxylic acids is 2. The molecule has 9 heteroatoms. The average molecular weight is 411 g/mol. The van der Waals surface area contributed by atoms with Gasteiger partial charge in [0.1, 0.15) is 6.61 Å². The summed E-state index contributed by atoms with van der Waals surface area (Å²) in [7, 11) is 0. The van der Waals surface area contributed by atoms with E-state index in [0.29, 0.717) is 5.56 Å². The largest absolute Gasteiger partial charge is 0.411 e. The van der Waals surface area contributed by atoms with Crippen molar-refractivity contribution >= 4 is 27.7 Å². The highest BCUT2D eigenvalue weighted by atomic mass is 79.9. The quantitative estimate of drug-likeness (QED) is 0.615. The predicted octanol–water partition coefficient (Wildman–Crippen LogP) is 2.65. The van der Waals surface area contributed by atoms with Gasteiger partial charge in [0.25, 0.3) is 5.91 Å². The molecule has 134 valence electrons. The van der Waals surface area contributed by atoms with E-state index in [1.54, 1.807) is 24.3 Å². The molecule has 0 radical (unpaired) electrons. The molecule has 0 atom stereocenters. The molecule has 1 aromatic rings. The van der Waals surface area contributed by atoms with Gasteiger partial charge in [-0.1, -0.05) is 15.9 Å². The summed E-state index contributed by atoms with van der Waals surface area (Å²) in [5.74, 6) is -0.572. The monoisotopic (exact) mass is 410 g/mol. The summed E-state index contributed by atoms with van der Waals surface area (Å²) in [6, 6.07) is 6.78. The van der Waals surface area contributed by atoms with Crippen molar-refractivity contribution in [2.45, 2.75) is 19.0 Å². The zero-order chi connectivity index (χ0) is 18.0. The summed E-state index contributed by atoms with van der Waals surface area (Å²) >= 11 is 3.27. The molecule has 0 saturated heterocycles. The van der Waals surface area contributed by atoms with Gasteiger partial charge in [-0.15, -0.1) is 0 Å². The first-order chi connectivity index (χ1) is 11.3. The predicted molar refractivity (Wildman–Crippen MR) is 85.6 cm³/mol. The Morgan fingerprint density at radius 2 is 1.75 bits per heavy atom. The number of halogens is 4. The van der Waals surface area contributed by atoms with Crippen LogP contribution in [0.3, 0.4) is 0 Å². The summed E-state index contributed by atoms with van der Waals surface area (Å²) in [5, 5.41) is 5.16. The van der Waals surface area contributed by atoms with Crippen molar-refractivity contribution in [1.29, 1.82) is 0 Å². The Hall–Kier alpha value is -1.61. The second-order valence-electron chi connectivity index (χ2n) is 4.88. The van der Waals surface area contributed by atoms with E-state index in [2.05, 4.69) is 31.3 Å². The highest BCUT2D eigenvalue weighted by Gasteiger charge is 2.27. The van der Waals surface area contributed by atoms with E-state index in [9.17, 15) is 22.8 Å². The van der Waals surface area contributed by atoms with E-state index >= 15 is 0 Å². The standard InChI is InChI=1S/C15H18BrF3N2O3/c16-12-4-2-11(3-5-12)14(23)21-8-6-13(22)20-7-1-9-24-10-15(17,18)19/h2-5H,1,6-10H2,(H,20,22)(H,21,23). The van der Waals surface area contributed by atoms with E-state index in [-0.39, 0.29) is 44.4 Å². The van der Waals surface area contributed by atoms with Gasteiger partial charge in [-0.3, -0.25) is 9.59 Å². The van der Waals surface area contributed by atoms with Crippen LogP contribution in [0.15, 0.2) is 28.7 Å². The number of rotatable bonds is 9. The highest BCUT2D eigenvalue weighted by Crippen LogP contribution is 2.14. The fourth-order valence-corrected chi connectivity index (χ4v) is 1.94. The molecule has 0 aliphatic carbocycles. The van der Waals surface area contributed by atoms with Crippen molar-refractivity contribution in [3.8, 4) is 0 Å². The minimum Gasteiger partial charge on any atom is -0.372 e. The molecule has 0 spiro atoms. The topological polar surface area (TPSA) is 67.4 Å². The third kappa shape index (κ3) is 9.51. The van der Waals surface area contributed by atoms with Gasteiger partial charge in [-0.2, -0.15) is 13.2 Å². The van der Waals surface area contributed by atoms with Crippen LogP contribution in [0.1, 0.15) is 23.2 Å². The van der Waals surface area contributed by atoms with Gasteiger partial charge in [-0.05, 0) is 30.7 Å². The number of ether oxygens (including phenoxy) is 1. The maximum Gasteiger partial charge on any atom is 0.411 e. The van der Waals surface area contributed by atoms with E-state index < -0.39 is 12.8 Å². The van der Waals surface area contributed by atoms with E-state index in [0.717, 1.165) is 4.47 Å². The Balaban J connectivity index is 2.07. The van der Waals surface area contributed by atoms with Crippen molar-refractivity contribution in [1.82, 2.24) is 10.6 Å². The Bertz CT molecular complexity index is 536. The minimum atomic E-state index is -4.34. The third-order valence-corrected chi connectivity index (χ3v) is 3.33. The molecule has 0 unspecified atom stereocenters. The minimum absolute atomic E-state index is 0.0832. The summed E-state index contributed by atoms with van der Waals surface area (Å²) in [6.45, 7) is -0.980. The molecular weight excluding hydrogens is 393 g/mol. The van der Waals surface area contributed by atoms with Crippen molar-refractivity contribution < 1.29 is 27.5 Å². The molecule has 0 fully saturated rings.